The Labute approximate surface area is 216 Å². The van der Waals surface area contributed by atoms with Crippen LogP contribution in [0.25, 0.3) is 0 Å². The maximum absolute atomic E-state index is 9.26. The van der Waals surface area contributed by atoms with Gasteiger partial charge in [-0.1, -0.05) is 56.2 Å². The van der Waals surface area contributed by atoms with E-state index >= 15 is 0 Å². The van der Waals surface area contributed by atoms with Gasteiger partial charge < -0.3 is 19.3 Å². The molecule has 3 aliphatic carbocycles. The van der Waals surface area contributed by atoms with Gasteiger partial charge in [-0.05, 0) is 91.0 Å². The molecule has 194 valence electrons. The van der Waals surface area contributed by atoms with Crippen molar-refractivity contribution in [3.63, 3.8) is 0 Å². The zero-order valence-corrected chi connectivity index (χ0v) is 21.8. The normalized spacial score (nSPS) is 32.2. The fraction of sp³-hybridized carbons (Fsp3) is 0.625. The zero-order chi connectivity index (χ0) is 24.6. The Bertz CT molecular complexity index is 1030. The summed E-state index contributed by atoms with van der Waals surface area (Å²) in [6, 6.07) is 17.3. The first-order valence-electron chi connectivity index (χ1n) is 14.3. The van der Waals surface area contributed by atoms with Crippen molar-refractivity contribution >= 4 is 0 Å². The van der Waals surface area contributed by atoms with Crippen LogP contribution in [0.2, 0.25) is 0 Å². The van der Waals surface area contributed by atoms with Gasteiger partial charge in [-0.3, -0.25) is 0 Å². The number of aryl methyl sites for hydroxylation is 1. The lowest BCUT2D eigenvalue weighted by Gasteiger charge is -2.53. The predicted octanol–water partition coefficient (Wildman–Crippen LogP) is 6.64. The van der Waals surface area contributed by atoms with Crippen molar-refractivity contribution in [2.45, 2.75) is 83.0 Å². The molecule has 4 nitrogen and oxygen atoms in total. The first kappa shape index (κ1) is 24.5. The predicted molar refractivity (Wildman–Crippen MR) is 141 cm³/mol. The largest absolute Gasteiger partial charge is 0.489 e. The monoisotopic (exact) mass is 490 g/mol. The van der Waals surface area contributed by atoms with E-state index < -0.39 is 0 Å². The molecule has 0 bridgehead atoms. The van der Waals surface area contributed by atoms with Gasteiger partial charge in [-0.25, -0.2) is 0 Å². The Morgan fingerprint density at radius 2 is 1.83 bits per heavy atom. The van der Waals surface area contributed by atoms with Gasteiger partial charge >= 0.3 is 0 Å². The molecular weight excluding hydrogens is 448 g/mol. The van der Waals surface area contributed by atoms with E-state index in [0.29, 0.717) is 36.9 Å². The molecule has 1 heterocycles. The van der Waals surface area contributed by atoms with Crippen LogP contribution in [-0.2, 0) is 22.5 Å². The second-order valence-electron chi connectivity index (χ2n) is 11.9. The van der Waals surface area contributed by atoms with E-state index in [-0.39, 0.29) is 11.2 Å². The molecule has 0 amide bonds. The summed E-state index contributed by atoms with van der Waals surface area (Å²) in [4.78, 5) is 0. The van der Waals surface area contributed by atoms with Crippen LogP contribution in [0.3, 0.4) is 0 Å². The lowest BCUT2D eigenvalue weighted by atomic mass is 9.53. The highest BCUT2D eigenvalue weighted by molar-refractivity contribution is 5.41. The van der Waals surface area contributed by atoms with Crippen LogP contribution < -0.4 is 4.74 Å². The molecule has 1 spiro atoms. The van der Waals surface area contributed by atoms with E-state index in [4.69, 9.17) is 14.2 Å². The minimum absolute atomic E-state index is 0.0998. The van der Waals surface area contributed by atoms with Crippen molar-refractivity contribution < 1.29 is 19.3 Å². The molecule has 3 fully saturated rings. The quantitative estimate of drug-likeness (QED) is 0.421. The molecule has 1 saturated heterocycles. The highest BCUT2D eigenvalue weighted by atomic mass is 16.7. The molecule has 4 heteroatoms. The maximum atomic E-state index is 9.26. The number of benzene rings is 2. The van der Waals surface area contributed by atoms with E-state index in [1.54, 1.807) is 5.56 Å². The third-order valence-electron chi connectivity index (χ3n) is 10.1. The highest BCUT2D eigenvalue weighted by Gasteiger charge is 2.68. The highest BCUT2D eigenvalue weighted by Crippen LogP contribution is 2.68. The molecule has 4 aliphatic rings. The fourth-order valence-electron chi connectivity index (χ4n) is 8.54. The topological polar surface area (TPSA) is 47.9 Å². The summed E-state index contributed by atoms with van der Waals surface area (Å²) in [7, 11) is 0. The van der Waals surface area contributed by atoms with E-state index in [0.717, 1.165) is 44.6 Å². The molecule has 36 heavy (non-hydrogen) atoms. The minimum Gasteiger partial charge on any atom is -0.489 e. The summed E-state index contributed by atoms with van der Waals surface area (Å²) in [5, 5.41) is 9.26. The number of hydrogen-bond acceptors (Lipinski definition) is 4. The van der Waals surface area contributed by atoms with Crippen molar-refractivity contribution in [2.75, 3.05) is 19.8 Å². The summed E-state index contributed by atoms with van der Waals surface area (Å²) >= 11 is 0. The number of fused-ring (bicyclic) bond motifs is 6. The van der Waals surface area contributed by atoms with E-state index in [2.05, 4.69) is 49.4 Å². The van der Waals surface area contributed by atoms with Crippen LogP contribution >= 0.6 is 0 Å². The molecule has 5 atom stereocenters. The molecule has 0 radical (unpaired) electrons. The van der Waals surface area contributed by atoms with Crippen LogP contribution in [0.1, 0.15) is 80.9 Å². The summed E-state index contributed by atoms with van der Waals surface area (Å²) in [5.41, 5.74) is 4.36. The van der Waals surface area contributed by atoms with Gasteiger partial charge in [0.1, 0.15) is 12.4 Å². The second kappa shape index (κ2) is 10.1. The van der Waals surface area contributed by atoms with Gasteiger partial charge in [0.05, 0.1) is 13.2 Å². The Balaban J connectivity index is 1.22. The van der Waals surface area contributed by atoms with Crippen LogP contribution in [0.15, 0.2) is 48.5 Å². The molecular formula is C32H42O4. The number of hydrogen-bond donors (Lipinski definition) is 1. The lowest BCUT2D eigenvalue weighted by Crippen LogP contribution is -2.51. The van der Waals surface area contributed by atoms with Crippen LogP contribution in [0, 0.1) is 23.2 Å². The molecule has 6 rings (SSSR count). The van der Waals surface area contributed by atoms with Crippen LogP contribution in [0.5, 0.6) is 5.75 Å². The molecule has 2 saturated carbocycles. The second-order valence-corrected chi connectivity index (χ2v) is 11.9. The fourth-order valence-corrected chi connectivity index (χ4v) is 8.54. The zero-order valence-electron chi connectivity index (χ0n) is 21.8. The van der Waals surface area contributed by atoms with Crippen molar-refractivity contribution in [2.24, 2.45) is 23.2 Å². The van der Waals surface area contributed by atoms with Crippen molar-refractivity contribution in [3.8, 4) is 5.75 Å². The van der Waals surface area contributed by atoms with Gasteiger partial charge in [-0.2, -0.15) is 0 Å². The molecule has 0 aromatic heterocycles. The first-order chi connectivity index (χ1) is 17.6. The van der Waals surface area contributed by atoms with Gasteiger partial charge in [0.2, 0.25) is 0 Å². The summed E-state index contributed by atoms with van der Waals surface area (Å²) in [6.07, 6.45) is 10.3. The molecule has 1 aliphatic heterocycles. The van der Waals surface area contributed by atoms with Crippen LogP contribution in [-0.4, -0.2) is 30.7 Å². The Kier molecular flexibility index (Phi) is 6.87. The maximum Gasteiger partial charge on any atom is 0.174 e. The number of ether oxygens (including phenoxy) is 3. The SMILES string of the molecule is C[C@]12CC[C@@H]3c4ccc(OCc5ccccc5)cc4CC[C@H]3[C@@H]1[C@H](CCCCCO)CC21OCCO1. The summed E-state index contributed by atoms with van der Waals surface area (Å²) in [5.74, 6) is 3.24. The van der Waals surface area contributed by atoms with Crippen molar-refractivity contribution in [1.29, 1.82) is 0 Å². The van der Waals surface area contributed by atoms with Gasteiger partial charge in [-0.15, -0.1) is 0 Å². The van der Waals surface area contributed by atoms with Crippen LogP contribution in [0.4, 0.5) is 0 Å². The van der Waals surface area contributed by atoms with Gasteiger partial charge in [0.25, 0.3) is 0 Å². The van der Waals surface area contributed by atoms with E-state index in [1.165, 1.54) is 43.2 Å². The van der Waals surface area contributed by atoms with E-state index in [1.807, 2.05) is 6.07 Å². The smallest absolute Gasteiger partial charge is 0.174 e. The minimum atomic E-state index is -0.375. The number of aliphatic hydroxyl groups excluding tert-OH is 1. The molecule has 1 N–H and O–H groups in total. The van der Waals surface area contributed by atoms with E-state index in [9.17, 15) is 5.11 Å². The Morgan fingerprint density at radius 3 is 2.64 bits per heavy atom. The average molecular weight is 491 g/mol. The Morgan fingerprint density at radius 1 is 1.00 bits per heavy atom. The number of rotatable bonds is 8. The van der Waals surface area contributed by atoms with Gasteiger partial charge in [0.15, 0.2) is 5.79 Å². The van der Waals surface area contributed by atoms with Crippen molar-refractivity contribution in [3.05, 3.63) is 65.2 Å². The molecule has 0 unspecified atom stereocenters. The first-order valence-corrected chi connectivity index (χ1v) is 14.3. The third kappa shape index (κ3) is 4.19. The Hall–Kier alpha value is -1.88. The lowest BCUT2D eigenvalue weighted by molar-refractivity contribution is -0.237. The average Bonchev–Trinajstić information content (AvgIpc) is 3.49. The summed E-state index contributed by atoms with van der Waals surface area (Å²) in [6.45, 7) is 4.89. The third-order valence-corrected chi connectivity index (χ3v) is 10.1. The number of unbranched alkanes of at least 4 members (excludes halogenated alkanes) is 2. The standard InChI is InChI=1S/C32H42O4/c1-31-16-15-28-27-14-12-26(34-22-23-8-4-2-5-9-23)20-24(27)11-13-29(28)30(31)25(10-6-3-7-17-33)21-32(31)35-18-19-36-32/h2,4-5,8-9,12,14,20,25,28-30,33H,3,6-7,10-11,13,15-19,21-22H2,1H3/t25-,28-,29-,30+,31+/m1/s1. The summed E-state index contributed by atoms with van der Waals surface area (Å²) < 4.78 is 19.1. The number of aliphatic hydroxyl groups is 1. The van der Waals surface area contributed by atoms with Gasteiger partial charge in [0, 0.05) is 18.4 Å². The van der Waals surface area contributed by atoms with Crippen molar-refractivity contribution in [1.82, 2.24) is 0 Å². The molecule has 2 aromatic carbocycles. The molecule has 2 aromatic rings.